The molecular weight excluding hydrogens is 733 g/mol. The van der Waals surface area contributed by atoms with Crippen molar-refractivity contribution in [2.75, 3.05) is 13.2 Å². The lowest BCUT2D eigenvalue weighted by Crippen LogP contribution is -2.30. The van der Waals surface area contributed by atoms with Crippen LogP contribution in [-0.2, 0) is 28.6 Å². The van der Waals surface area contributed by atoms with Gasteiger partial charge in [0.15, 0.2) is 6.10 Å². The van der Waals surface area contributed by atoms with Gasteiger partial charge in [-0.15, -0.1) is 0 Å². The van der Waals surface area contributed by atoms with Gasteiger partial charge < -0.3 is 14.2 Å². The number of esters is 3. The van der Waals surface area contributed by atoms with Gasteiger partial charge in [0.05, 0.1) is 0 Å². The number of hydrogen-bond acceptors (Lipinski definition) is 6. The van der Waals surface area contributed by atoms with Crippen molar-refractivity contribution in [3.05, 3.63) is 0 Å². The highest BCUT2D eigenvalue weighted by Gasteiger charge is 2.19. The standard InChI is InChI=1S/C53H102O6/c1-6-7-8-9-10-11-12-13-17-23-28-33-38-43-51(54)57-46-50(47-58-52(55)44-39-34-29-24-20-19-22-27-32-37-42-49(4)5)59-53(56)45-40-35-30-25-18-15-14-16-21-26-31-36-41-48(2)3/h48-50H,6-47H2,1-5H3/t50-/m1/s1. The minimum atomic E-state index is -0.761. The Kier molecular flexibility index (Phi) is 44.7. The number of carbonyl (C=O) groups excluding carboxylic acids is 3. The summed E-state index contributed by atoms with van der Waals surface area (Å²) in [5, 5.41) is 0. The van der Waals surface area contributed by atoms with Gasteiger partial charge in [-0.3, -0.25) is 14.4 Å². The summed E-state index contributed by atoms with van der Waals surface area (Å²) in [5.41, 5.74) is 0. The molecule has 0 fully saturated rings. The summed E-state index contributed by atoms with van der Waals surface area (Å²) in [7, 11) is 0. The fraction of sp³-hybridized carbons (Fsp3) is 0.943. The number of rotatable bonds is 47. The van der Waals surface area contributed by atoms with Crippen molar-refractivity contribution in [3.8, 4) is 0 Å². The molecule has 0 saturated heterocycles. The minimum Gasteiger partial charge on any atom is -0.462 e. The van der Waals surface area contributed by atoms with E-state index in [1.54, 1.807) is 0 Å². The van der Waals surface area contributed by atoms with Crippen molar-refractivity contribution in [2.24, 2.45) is 11.8 Å². The van der Waals surface area contributed by atoms with E-state index in [2.05, 4.69) is 34.6 Å². The molecule has 0 aromatic rings. The molecule has 0 aliphatic carbocycles. The molecule has 0 aliphatic heterocycles. The van der Waals surface area contributed by atoms with E-state index >= 15 is 0 Å². The second-order valence-corrected chi connectivity index (χ2v) is 19.1. The van der Waals surface area contributed by atoms with Crippen LogP contribution in [0.3, 0.4) is 0 Å². The van der Waals surface area contributed by atoms with Crippen LogP contribution in [0.1, 0.15) is 291 Å². The molecule has 0 aliphatic rings. The van der Waals surface area contributed by atoms with Gasteiger partial charge in [0.2, 0.25) is 0 Å². The fourth-order valence-electron chi connectivity index (χ4n) is 7.99. The van der Waals surface area contributed by atoms with Gasteiger partial charge in [0, 0.05) is 19.3 Å². The van der Waals surface area contributed by atoms with Gasteiger partial charge in [-0.1, -0.05) is 253 Å². The first-order valence-electron chi connectivity index (χ1n) is 26.2. The third-order valence-corrected chi connectivity index (χ3v) is 12.0. The Morgan fingerprint density at radius 2 is 0.559 bits per heavy atom. The van der Waals surface area contributed by atoms with Crippen LogP contribution in [0.5, 0.6) is 0 Å². The van der Waals surface area contributed by atoms with Gasteiger partial charge in [-0.05, 0) is 31.1 Å². The lowest BCUT2D eigenvalue weighted by atomic mass is 10.0. The van der Waals surface area contributed by atoms with Crippen LogP contribution < -0.4 is 0 Å². The molecule has 1 atom stereocenters. The summed E-state index contributed by atoms with van der Waals surface area (Å²) in [6, 6.07) is 0. The van der Waals surface area contributed by atoms with Crippen LogP contribution >= 0.6 is 0 Å². The molecule has 0 heterocycles. The summed E-state index contributed by atoms with van der Waals surface area (Å²) >= 11 is 0. The van der Waals surface area contributed by atoms with E-state index in [1.165, 1.54) is 180 Å². The van der Waals surface area contributed by atoms with E-state index < -0.39 is 6.10 Å². The summed E-state index contributed by atoms with van der Waals surface area (Å²) in [6.07, 6.45) is 46.6. The largest absolute Gasteiger partial charge is 0.462 e. The maximum atomic E-state index is 12.8. The SMILES string of the molecule is CCCCCCCCCCCCCCCC(=O)OC[C@H](COC(=O)CCCCCCCCCCCCC(C)C)OC(=O)CCCCCCCCCCCCCCC(C)C. The molecule has 0 spiro atoms. The first-order valence-corrected chi connectivity index (χ1v) is 26.2. The first kappa shape index (κ1) is 57.4. The zero-order valence-corrected chi connectivity index (χ0v) is 40.4. The molecule has 6 heteroatoms. The van der Waals surface area contributed by atoms with Crippen molar-refractivity contribution in [3.63, 3.8) is 0 Å². The highest BCUT2D eigenvalue weighted by molar-refractivity contribution is 5.71. The second kappa shape index (κ2) is 45.9. The molecule has 0 unspecified atom stereocenters. The molecule has 0 amide bonds. The van der Waals surface area contributed by atoms with Gasteiger partial charge in [0.1, 0.15) is 13.2 Å². The van der Waals surface area contributed by atoms with Crippen molar-refractivity contribution >= 4 is 17.9 Å². The Bertz CT molecular complexity index is 900. The topological polar surface area (TPSA) is 78.9 Å². The Morgan fingerprint density at radius 3 is 0.831 bits per heavy atom. The van der Waals surface area contributed by atoms with Gasteiger partial charge in [0.25, 0.3) is 0 Å². The van der Waals surface area contributed by atoms with Crippen LogP contribution in [0.15, 0.2) is 0 Å². The van der Waals surface area contributed by atoms with E-state index in [9.17, 15) is 14.4 Å². The maximum absolute atomic E-state index is 12.8. The Labute approximate surface area is 368 Å². The van der Waals surface area contributed by atoms with Crippen LogP contribution in [-0.4, -0.2) is 37.2 Å². The molecule has 59 heavy (non-hydrogen) atoms. The highest BCUT2D eigenvalue weighted by atomic mass is 16.6. The van der Waals surface area contributed by atoms with Crippen molar-refractivity contribution < 1.29 is 28.6 Å². The summed E-state index contributed by atoms with van der Waals surface area (Å²) in [4.78, 5) is 38.0. The zero-order valence-electron chi connectivity index (χ0n) is 40.4. The second-order valence-electron chi connectivity index (χ2n) is 19.1. The Morgan fingerprint density at radius 1 is 0.322 bits per heavy atom. The van der Waals surface area contributed by atoms with E-state index in [4.69, 9.17) is 14.2 Å². The number of unbranched alkanes of at least 4 members (excludes halogenated alkanes) is 32. The normalized spacial score (nSPS) is 12.1. The summed E-state index contributed by atoms with van der Waals surface area (Å²) in [6.45, 7) is 11.4. The predicted octanol–water partition coefficient (Wildman–Crippen LogP) is 16.9. The molecule has 0 radical (unpaired) electrons. The fourth-order valence-corrected chi connectivity index (χ4v) is 7.99. The van der Waals surface area contributed by atoms with Gasteiger partial charge in [-0.25, -0.2) is 0 Å². The molecular formula is C53H102O6. The van der Waals surface area contributed by atoms with Crippen LogP contribution in [0, 0.1) is 11.8 Å². The molecule has 0 N–H and O–H groups in total. The molecule has 0 saturated carbocycles. The average molecular weight is 835 g/mol. The highest BCUT2D eigenvalue weighted by Crippen LogP contribution is 2.17. The molecule has 6 nitrogen and oxygen atoms in total. The summed E-state index contributed by atoms with van der Waals surface area (Å²) < 4.78 is 16.8. The van der Waals surface area contributed by atoms with E-state index in [0.717, 1.165) is 69.6 Å². The van der Waals surface area contributed by atoms with Crippen LogP contribution in [0.4, 0.5) is 0 Å². The van der Waals surface area contributed by atoms with Crippen molar-refractivity contribution in [2.45, 2.75) is 298 Å². The third-order valence-electron chi connectivity index (χ3n) is 12.0. The lowest BCUT2D eigenvalue weighted by molar-refractivity contribution is -0.167. The van der Waals surface area contributed by atoms with Crippen LogP contribution in [0.2, 0.25) is 0 Å². The Hall–Kier alpha value is -1.59. The number of hydrogen-bond donors (Lipinski definition) is 0. The molecule has 0 bridgehead atoms. The van der Waals surface area contributed by atoms with E-state index in [1.807, 2.05) is 0 Å². The number of ether oxygens (including phenoxy) is 3. The molecule has 0 aromatic heterocycles. The lowest BCUT2D eigenvalue weighted by Gasteiger charge is -2.18. The monoisotopic (exact) mass is 835 g/mol. The van der Waals surface area contributed by atoms with Crippen molar-refractivity contribution in [1.82, 2.24) is 0 Å². The maximum Gasteiger partial charge on any atom is 0.306 e. The predicted molar refractivity (Wildman–Crippen MR) is 252 cm³/mol. The van der Waals surface area contributed by atoms with E-state index in [0.29, 0.717) is 19.3 Å². The number of carbonyl (C=O) groups is 3. The average Bonchev–Trinajstić information content (AvgIpc) is 3.20. The molecule has 0 rings (SSSR count). The van der Waals surface area contributed by atoms with E-state index in [-0.39, 0.29) is 31.1 Å². The zero-order chi connectivity index (χ0) is 43.3. The Balaban J connectivity index is 4.32. The third kappa shape index (κ3) is 47.3. The molecule has 350 valence electrons. The minimum absolute atomic E-state index is 0.0635. The molecule has 0 aromatic carbocycles. The first-order chi connectivity index (χ1) is 28.7. The van der Waals surface area contributed by atoms with Crippen molar-refractivity contribution in [1.29, 1.82) is 0 Å². The van der Waals surface area contributed by atoms with Gasteiger partial charge in [-0.2, -0.15) is 0 Å². The van der Waals surface area contributed by atoms with Gasteiger partial charge >= 0.3 is 17.9 Å². The summed E-state index contributed by atoms with van der Waals surface area (Å²) in [5.74, 6) is 0.804. The van der Waals surface area contributed by atoms with Crippen LogP contribution in [0.25, 0.3) is 0 Å². The smallest absolute Gasteiger partial charge is 0.306 e. The quantitative estimate of drug-likeness (QED) is 0.0345.